The summed E-state index contributed by atoms with van der Waals surface area (Å²) in [5.74, 6) is -0.354. The van der Waals surface area contributed by atoms with Gasteiger partial charge >= 0.3 is 6.18 Å². The van der Waals surface area contributed by atoms with Gasteiger partial charge in [-0.15, -0.1) is 0 Å². The number of nitrogens with zero attached hydrogens (tertiary/aromatic N) is 4. The fourth-order valence-corrected chi connectivity index (χ4v) is 4.85. The molecule has 3 aliphatic heterocycles. The van der Waals surface area contributed by atoms with Crippen LogP contribution in [0.3, 0.4) is 0 Å². The summed E-state index contributed by atoms with van der Waals surface area (Å²) in [6.07, 6.45) is -2.34. The van der Waals surface area contributed by atoms with Gasteiger partial charge < -0.3 is 15.5 Å². The first-order chi connectivity index (χ1) is 14.7. The molecule has 1 aromatic carbocycles. The summed E-state index contributed by atoms with van der Waals surface area (Å²) in [4.78, 5) is 30.6. The zero-order valence-electron chi connectivity index (χ0n) is 16.9. The highest BCUT2D eigenvalue weighted by Crippen LogP contribution is 2.34. The largest absolute Gasteiger partial charge is 0.416 e. The van der Waals surface area contributed by atoms with Gasteiger partial charge in [0.2, 0.25) is 11.8 Å². The Morgan fingerprint density at radius 3 is 2.61 bits per heavy atom. The SMILES string of the molecule is N#CC1CCCN1C(=O)[C@@H](N)CN1C[C@@H]2CC1C(=O)N2Cc1ccc(C(F)(F)F)cc1. The summed E-state index contributed by atoms with van der Waals surface area (Å²) in [7, 11) is 0. The molecule has 166 valence electrons. The van der Waals surface area contributed by atoms with E-state index in [0.717, 1.165) is 18.6 Å². The van der Waals surface area contributed by atoms with Crippen LogP contribution >= 0.6 is 0 Å². The van der Waals surface area contributed by atoms with Crippen molar-refractivity contribution in [1.82, 2.24) is 14.7 Å². The van der Waals surface area contributed by atoms with Crippen LogP contribution in [0.4, 0.5) is 13.2 Å². The molecular weight excluding hydrogens is 411 g/mol. The molecule has 2 bridgehead atoms. The van der Waals surface area contributed by atoms with E-state index < -0.39 is 23.8 Å². The minimum absolute atomic E-state index is 0.0549. The molecule has 3 saturated heterocycles. The number of benzene rings is 1. The Kier molecular flexibility index (Phi) is 5.66. The molecule has 3 aliphatic rings. The molecule has 0 aliphatic carbocycles. The van der Waals surface area contributed by atoms with Crippen LogP contribution in [0.1, 0.15) is 30.4 Å². The van der Waals surface area contributed by atoms with Crippen LogP contribution < -0.4 is 5.73 Å². The van der Waals surface area contributed by atoms with E-state index in [1.807, 2.05) is 4.90 Å². The van der Waals surface area contributed by atoms with Crippen molar-refractivity contribution in [2.75, 3.05) is 19.6 Å². The van der Waals surface area contributed by atoms with Crippen LogP contribution in [0.15, 0.2) is 24.3 Å². The van der Waals surface area contributed by atoms with Gasteiger partial charge in [0.05, 0.1) is 23.7 Å². The van der Waals surface area contributed by atoms with Crippen LogP contribution in [0.5, 0.6) is 0 Å². The number of amides is 2. The minimum atomic E-state index is -4.39. The van der Waals surface area contributed by atoms with Crippen molar-refractivity contribution < 1.29 is 22.8 Å². The fourth-order valence-electron chi connectivity index (χ4n) is 4.85. The highest BCUT2D eigenvalue weighted by atomic mass is 19.4. The van der Waals surface area contributed by atoms with Crippen molar-refractivity contribution in [2.45, 2.75) is 56.2 Å². The second kappa shape index (κ2) is 8.13. The molecule has 7 nitrogen and oxygen atoms in total. The Hall–Kier alpha value is -2.64. The zero-order chi connectivity index (χ0) is 22.3. The third-order valence-electron chi connectivity index (χ3n) is 6.46. The summed E-state index contributed by atoms with van der Waals surface area (Å²) < 4.78 is 38.2. The molecule has 3 fully saturated rings. The Morgan fingerprint density at radius 2 is 2.00 bits per heavy atom. The molecule has 4 rings (SSSR count). The third-order valence-corrected chi connectivity index (χ3v) is 6.46. The van der Waals surface area contributed by atoms with Crippen molar-refractivity contribution >= 4 is 11.8 Å². The molecule has 3 heterocycles. The molecule has 2 unspecified atom stereocenters. The first-order valence-electron chi connectivity index (χ1n) is 10.4. The Bertz CT molecular complexity index is 898. The van der Waals surface area contributed by atoms with Crippen molar-refractivity contribution in [1.29, 1.82) is 5.26 Å². The Morgan fingerprint density at radius 1 is 1.29 bits per heavy atom. The van der Waals surface area contributed by atoms with Crippen LogP contribution in [0.2, 0.25) is 0 Å². The lowest BCUT2D eigenvalue weighted by molar-refractivity contribution is -0.139. The summed E-state index contributed by atoms with van der Waals surface area (Å²) >= 11 is 0. The van der Waals surface area contributed by atoms with Gasteiger partial charge in [-0.3, -0.25) is 14.5 Å². The van der Waals surface area contributed by atoms with Gasteiger partial charge in [0, 0.05) is 32.2 Å². The number of rotatable bonds is 5. The van der Waals surface area contributed by atoms with Gasteiger partial charge in [-0.1, -0.05) is 12.1 Å². The van der Waals surface area contributed by atoms with E-state index in [4.69, 9.17) is 5.73 Å². The molecule has 10 heteroatoms. The molecular formula is C21H24F3N5O2. The lowest BCUT2D eigenvalue weighted by Crippen LogP contribution is -2.56. The number of hydrogen-bond acceptors (Lipinski definition) is 5. The molecule has 2 N–H and O–H groups in total. The number of fused-ring (bicyclic) bond motifs is 2. The van der Waals surface area contributed by atoms with Crippen LogP contribution in [-0.2, 0) is 22.3 Å². The standard InChI is InChI=1S/C21H24F3N5O2/c22-21(23,24)14-5-3-13(4-6-14)10-29-16-8-18(20(29)31)27(11-16)12-17(26)19(30)28-7-1-2-15(28)9-25/h3-6,15-18H,1-2,7-8,10-12,26H2/t15?,16-,17-,18?/m0/s1. The average molecular weight is 435 g/mol. The van der Waals surface area contributed by atoms with Gasteiger partial charge in [-0.05, 0) is 37.0 Å². The minimum Gasteiger partial charge on any atom is -0.333 e. The van der Waals surface area contributed by atoms with Gasteiger partial charge in [0.15, 0.2) is 0 Å². The Labute approximate surface area is 178 Å². The quantitative estimate of drug-likeness (QED) is 0.753. The number of nitrogens with two attached hydrogens (primary N) is 1. The Balaban J connectivity index is 1.34. The van der Waals surface area contributed by atoms with Gasteiger partial charge in [-0.2, -0.15) is 18.4 Å². The van der Waals surface area contributed by atoms with Crippen molar-refractivity contribution in [3.8, 4) is 6.07 Å². The molecule has 0 saturated carbocycles. The lowest BCUT2D eigenvalue weighted by Gasteiger charge is -2.35. The average Bonchev–Trinajstić information content (AvgIpc) is 3.43. The first kappa shape index (κ1) is 21.6. The third kappa shape index (κ3) is 4.12. The molecule has 4 atom stereocenters. The van der Waals surface area contributed by atoms with E-state index in [9.17, 15) is 28.0 Å². The molecule has 0 spiro atoms. The number of nitriles is 1. The second-order valence-electron chi connectivity index (χ2n) is 8.45. The number of carbonyl (C=O) groups is 2. The molecule has 0 aromatic heterocycles. The number of likely N-dealkylation sites (tertiary alicyclic amines) is 3. The highest BCUT2D eigenvalue weighted by molar-refractivity contribution is 5.86. The van der Waals surface area contributed by atoms with E-state index in [1.165, 1.54) is 17.0 Å². The van der Waals surface area contributed by atoms with Crippen LogP contribution in [0.25, 0.3) is 0 Å². The van der Waals surface area contributed by atoms with E-state index in [2.05, 4.69) is 6.07 Å². The predicted molar refractivity (Wildman–Crippen MR) is 104 cm³/mol. The summed E-state index contributed by atoms with van der Waals surface area (Å²) in [6, 6.07) is 5.32. The normalized spacial score (nSPS) is 27.1. The number of carbonyl (C=O) groups excluding carboxylic acids is 2. The van der Waals surface area contributed by atoms with Crippen molar-refractivity contribution in [3.05, 3.63) is 35.4 Å². The zero-order valence-corrected chi connectivity index (χ0v) is 16.9. The summed E-state index contributed by atoms with van der Waals surface area (Å²) in [5.41, 5.74) is 6.05. The molecule has 2 amide bonds. The van der Waals surface area contributed by atoms with Gasteiger partial charge in [0.1, 0.15) is 6.04 Å². The molecule has 31 heavy (non-hydrogen) atoms. The van der Waals surface area contributed by atoms with Crippen LogP contribution in [0, 0.1) is 11.3 Å². The second-order valence-corrected chi connectivity index (χ2v) is 8.45. The summed E-state index contributed by atoms with van der Waals surface area (Å²) in [6.45, 7) is 1.60. The van der Waals surface area contributed by atoms with Crippen molar-refractivity contribution in [3.63, 3.8) is 0 Å². The van der Waals surface area contributed by atoms with Crippen LogP contribution in [-0.4, -0.2) is 70.3 Å². The number of halogens is 3. The lowest BCUT2D eigenvalue weighted by atomic mass is 10.1. The predicted octanol–water partition coefficient (Wildman–Crippen LogP) is 1.33. The molecule has 1 aromatic rings. The monoisotopic (exact) mass is 435 g/mol. The number of piperazine rings is 1. The smallest absolute Gasteiger partial charge is 0.333 e. The fraction of sp³-hybridized carbons (Fsp3) is 0.571. The van der Waals surface area contributed by atoms with E-state index >= 15 is 0 Å². The highest BCUT2D eigenvalue weighted by Gasteiger charge is 2.50. The number of alkyl halides is 3. The maximum atomic E-state index is 12.8. The van der Waals surface area contributed by atoms with E-state index in [-0.39, 0.29) is 37.0 Å². The first-order valence-corrected chi connectivity index (χ1v) is 10.4. The van der Waals surface area contributed by atoms with E-state index in [1.54, 1.807) is 4.90 Å². The molecule has 0 radical (unpaired) electrons. The maximum Gasteiger partial charge on any atom is 0.416 e. The topological polar surface area (TPSA) is 93.7 Å². The maximum absolute atomic E-state index is 12.8. The van der Waals surface area contributed by atoms with E-state index in [0.29, 0.717) is 31.5 Å². The van der Waals surface area contributed by atoms with Gasteiger partial charge in [-0.25, -0.2) is 0 Å². The van der Waals surface area contributed by atoms with Gasteiger partial charge in [0.25, 0.3) is 0 Å². The number of hydrogen-bond donors (Lipinski definition) is 1. The van der Waals surface area contributed by atoms with Crippen molar-refractivity contribution in [2.24, 2.45) is 5.73 Å². The summed E-state index contributed by atoms with van der Waals surface area (Å²) in [5, 5.41) is 9.18.